The molecule has 0 heterocycles. The Bertz CT molecular complexity index is 762. The van der Waals surface area contributed by atoms with E-state index >= 15 is 0 Å². The molecule has 2 aromatic carbocycles. The van der Waals surface area contributed by atoms with Gasteiger partial charge in [-0.2, -0.15) is 0 Å². The summed E-state index contributed by atoms with van der Waals surface area (Å²) in [5, 5.41) is 5.67. The van der Waals surface area contributed by atoms with Crippen LogP contribution in [-0.4, -0.2) is 31.6 Å². The lowest BCUT2D eigenvalue weighted by atomic mass is 10.0. The maximum absolute atomic E-state index is 12.6. The standard InChI is InChI=1S/C22H28N2O4/c1-16(2)21(24-20(25)15-28-19-11-5-4-6-12-19)22(26)23-13-17-9-7-8-10-18(17)14-27-3/h4-12,16,21H,13-15H2,1-3H3,(H,23,26)(H,24,25). The van der Waals surface area contributed by atoms with Gasteiger partial charge in [0.1, 0.15) is 11.8 Å². The van der Waals surface area contributed by atoms with Crippen LogP contribution in [0.5, 0.6) is 5.75 Å². The molecular weight excluding hydrogens is 356 g/mol. The fraction of sp³-hybridized carbons (Fsp3) is 0.364. The van der Waals surface area contributed by atoms with Gasteiger partial charge in [-0.1, -0.05) is 56.3 Å². The van der Waals surface area contributed by atoms with Crippen LogP contribution in [-0.2, 0) is 27.5 Å². The van der Waals surface area contributed by atoms with Crippen LogP contribution >= 0.6 is 0 Å². The summed E-state index contributed by atoms with van der Waals surface area (Å²) in [6.45, 7) is 4.49. The van der Waals surface area contributed by atoms with Gasteiger partial charge in [0.05, 0.1) is 6.61 Å². The van der Waals surface area contributed by atoms with Crippen molar-refractivity contribution in [2.75, 3.05) is 13.7 Å². The van der Waals surface area contributed by atoms with E-state index in [1.165, 1.54) is 0 Å². The fourth-order valence-corrected chi connectivity index (χ4v) is 2.73. The summed E-state index contributed by atoms with van der Waals surface area (Å²) in [6.07, 6.45) is 0. The number of benzene rings is 2. The van der Waals surface area contributed by atoms with Crippen molar-refractivity contribution < 1.29 is 19.1 Å². The summed E-state index contributed by atoms with van der Waals surface area (Å²) in [7, 11) is 1.64. The number of amides is 2. The molecule has 0 radical (unpaired) electrons. The molecule has 28 heavy (non-hydrogen) atoms. The van der Waals surface area contributed by atoms with Gasteiger partial charge in [-0.05, 0) is 29.2 Å². The van der Waals surface area contributed by atoms with Crippen molar-refractivity contribution in [1.29, 1.82) is 0 Å². The van der Waals surface area contributed by atoms with Crippen LogP contribution in [0.15, 0.2) is 54.6 Å². The third kappa shape index (κ3) is 6.70. The highest BCUT2D eigenvalue weighted by molar-refractivity contribution is 5.88. The van der Waals surface area contributed by atoms with Gasteiger partial charge in [0.2, 0.25) is 5.91 Å². The highest BCUT2D eigenvalue weighted by Gasteiger charge is 2.24. The van der Waals surface area contributed by atoms with Crippen molar-refractivity contribution >= 4 is 11.8 Å². The number of rotatable bonds is 10. The summed E-state index contributed by atoms with van der Waals surface area (Å²) in [5.74, 6) is -0.0133. The lowest BCUT2D eigenvalue weighted by Crippen LogP contribution is -2.50. The molecule has 150 valence electrons. The molecule has 0 bridgehead atoms. The predicted octanol–water partition coefficient (Wildman–Crippen LogP) is 2.67. The summed E-state index contributed by atoms with van der Waals surface area (Å²) in [6, 6.07) is 16.2. The van der Waals surface area contributed by atoms with E-state index in [0.717, 1.165) is 11.1 Å². The summed E-state index contributed by atoms with van der Waals surface area (Å²) in [5.41, 5.74) is 2.01. The van der Waals surface area contributed by atoms with Crippen molar-refractivity contribution in [3.05, 3.63) is 65.7 Å². The predicted molar refractivity (Wildman–Crippen MR) is 108 cm³/mol. The number of nitrogens with one attached hydrogen (secondary N) is 2. The van der Waals surface area contributed by atoms with Crippen molar-refractivity contribution in [1.82, 2.24) is 10.6 Å². The molecule has 6 heteroatoms. The molecule has 0 spiro atoms. The summed E-state index contributed by atoms with van der Waals surface area (Å²) in [4.78, 5) is 24.9. The Labute approximate surface area is 166 Å². The minimum atomic E-state index is -0.638. The van der Waals surface area contributed by atoms with E-state index in [4.69, 9.17) is 9.47 Å². The second kappa shape index (κ2) is 11.1. The quantitative estimate of drug-likeness (QED) is 0.660. The molecule has 0 aliphatic rings. The van der Waals surface area contributed by atoms with E-state index in [1.807, 2.05) is 56.3 Å². The lowest BCUT2D eigenvalue weighted by Gasteiger charge is -2.22. The first-order chi connectivity index (χ1) is 13.5. The van der Waals surface area contributed by atoms with E-state index in [1.54, 1.807) is 19.2 Å². The normalized spacial score (nSPS) is 11.7. The van der Waals surface area contributed by atoms with Gasteiger partial charge >= 0.3 is 0 Å². The largest absolute Gasteiger partial charge is 0.484 e. The lowest BCUT2D eigenvalue weighted by molar-refractivity contribution is -0.131. The van der Waals surface area contributed by atoms with Crippen LogP contribution in [0.25, 0.3) is 0 Å². The van der Waals surface area contributed by atoms with E-state index in [2.05, 4.69) is 10.6 Å². The maximum Gasteiger partial charge on any atom is 0.258 e. The van der Waals surface area contributed by atoms with Crippen LogP contribution in [0.3, 0.4) is 0 Å². The first kappa shape index (κ1) is 21.4. The molecule has 2 N–H and O–H groups in total. The first-order valence-corrected chi connectivity index (χ1v) is 9.32. The number of hydrogen-bond donors (Lipinski definition) is 2. The number of carbonyl (C=O) groups excluding carboxylic acids is 2. The van der Waals surface area contributed by atoms with Gasteiger partial charge in [-0.3, -0.25) is 9.59 Å². The summed E-state index contributed by atoms with van der Waals surface area (Å²) >= 11 is 0. The van der Waals surface area contributed by atoms with E-state index in [0.29, 0.717) is 18.9 Å². The van der Waals surface area contributed by atoms with Gasteiger partial charge in [-0.25, -0.2) is 0 Å². The Kier molecular flexibility index (Phi) is 8.49. The average Bonchev–Trinajstić information content (AvgIpc) is 2.70. The van der Waals surface area contributed by atoms with Crippen LogP contribution in [0.4, 0.5) is 0 Å². The minimum absolute atomic E-state index is 0.0603. The van der Waals surface area contributed by atoms with Crippen LogP contribution in [0, 0.1) is 5.92 Å². The van der Waals surface area contributed by atoms with Crippen molar-refractivity contribution in [3.8, 4) is 5.75 Å². The number of para-hydroxylation sites is 1. The van der Waals surface area contributed by atoms with Crippen LogP contribution in [0.2, 0.25) is 0 Å². The molecule has 0 aromatic heterocycles. The third-order valence-corrected chi connectivity index (χ3v) is 4.25. The molecule has 2 rings (SSSR count). The Morgan fingerprint density at radius 1 is 0.964 bits per heavy atom. The van der Waals surface area contributed by atoms with Gasteiger partial charge in [0, 0.05) is 13.7 Å². The zero-order valence-corrected chi connectivity index (χ0v) is 16.6. The molecule has 6 nitrogen and oxygen atoms in total. The second-order valence-corrected chi connectivity index (χ2v) is 6.81. The Morgan fingerprint density at radius 2 is 1.61 bits per heavy atom. The number of ether oxygens (including phenoxy) is 2. The third-order valence-electron chi connectivity index (χ3n) is 4.25. The maximum atomic E-state index is 12.6. The molecule has 0 aliphatic carbocycles. The van der Waals surface area contributed by atoms with Crippen LogP contribution < -0.4 is 15.4 Å². The molecule has 1 unspecified atom stereocenters. The highest BCUT2D eigenvalue weighted by atomic mass is 16.5. The Hall–Kier alpha value is -2.86. The molecule has 0 saturated heterocycles. The van der Waals surface area contributed by atoms with E-state index in [-0.39, 0.29) is 24.3 Å². The number of carbonyl (C=O) groups is 2. The number of methoxy groups -OCH3 is 1. The topological polar surface area (TPSA) is 76.7 Å². The Balaban J connectivity index is 1.90. The first-order valence-electron chi connectivity index (χ1n) is 9.32. The molecule has 0 saturated carbocycles. The number of hydrogen-bond acceptors (Lipinski definition) is 4. The zero-order valence-electron chi connectivity index (χ0n) is 16.6. The molecule has 2 aromatic rings. The SMILES string of the molecule is COCc1ccccc1CNC(=O)C(NC(=O)COc1ccccc1)C(C)C. The highest BCUT2D eigenvalue weighted by Crippen LogP contribution is 2.11. The second-order valence-electron chi connectivity index (χ2n) is 6.81. The van der Waals surface area contributed by atoms with Crippen LogP contribution in [0.1, 0.15) is 25.0 Å². The molecular formula is C22H28N2O4. The minimum Gasteiger partial charge on any atom is -0.484 e. The molecule has 2 amide bonds. The molecule has 1 atom stereocenters. The fourth-order valence-electron chi connectivity index (χ4n) is 2.73. The van der Waals surface area contributed by atoms with E-state index < -0.39 is 6.04 Å². The van der Waals surface area contributed by atoms with Crippen molar-refractivity contribution in [2.24, 2.45) is 5.92 Å². The Morgan fingerprint density at radius 3 is 2.25 bits per heavy atom. The smallest absolute Gasteiger partial charge is 0.258 e. The van der Waals surface area contributed by atoms with Gasteiger partial charge in [0.25, 0.3) is 5.91 Å². The summed E-state index contributed by atoms with van der Waals surface area (Å²) < 4.78 is 10.6. The van der Waals surface area contributed by atoms with Crippen molar-refractivity contribution in [3.63, 3.8) is 0 Å². The molecule has 0 fully saturated rings. The molecule has 0 aliphatic heterocycles. The zero-order chi connectivity index (χ0) is 20.4. The van der Waals surface area contributed by atoms with Gasteiger partial charge in [0.15, 0.2) is 6.61 Å². The average molecular weight is 384 g/mol. The monoisotopic (exact) mass is 384 g/mol. The van der Waals surface area contributed by atoms with E-state index in [9.17, 15) is 9.59 Å². The van der Waals surface area contributed by atoms with Gasteiger partial charge in [-0.15, -0.1) is 0 Å². The van der Waals surface area contributed by atoms with Crippen molar-refractivity contribution in [2.45, 2.75) is 33.0 Å². The van der Waals surface area contributed by atoms with Gasteiger partial charge < -0.3 is 20.1 Å².